The fourth-order valence-corrected chi connectivity index (χ4v) is 2.49. The third-order valence-electron chi connectivity index (χ3n) is 3.81. The molecular weight excluding hydrogens is 340 g/mol. The van der Waals surface area contributed by atoms with Gasteiger partial charge in [0.05, 0.1) is 6.04 Å². The van der Waals surface area contributed by atoms with Crippen LogP contribution in [-0.4, -0.2) is 31.7 Å². The predicted octanol–water partition coefficient (Wildman–Crippen LogP) is 1.13. The van der Waals surface area contributed by atoms with E-state index in [1.54, 1.807) is 19.1 Å². The maximum absolute atomic E-state index is 12.0. The van der Waals surface area contributed by atoms with Crippen molar-refractivity contribution in [1.82, 2.24) is 5.32 Å². The lowest BCUT2D eigenvalue weighted by Gasteiger charge is -2.21. The third-order valence-corrected chi connectivity index (χ3v) is 3.81. The van der Waals surface area contributed by atoms with E-state index in [2.05, 4.69) is 5.32 Å². The summed E-state index contributed by atoms with van der Waals surface area (Å²) in [5.74, 6) is -0.0385. The van der Waals surface area contributed by atoms with E-state index >= 15 is 0 Å². The highest BCUT2D eigenvalue weighted by Crippen LogP contribution is 2.32. The van der Waals surface area contributed by atoms with Crippen molar-refractivity contribution >= 4 is 11.9 Å². The highest BCUT2D eigenvalue weighted by atomic mass is 16.6. The Morgan fingerprint density at radius 2 is 2.00 bits per heavy atom. The molecule has 0 saturated heterocycles. The van der Waals surface area contributed by atoms with Gasteiger partial charge in [-0.1, -0.05) is 6.07 Å². The first-order chi connectivity index (χ1) is 12.5. The van der Waals surface area contributed by atoms with Gasteiger partial charge in [0.1, 0.15) is 13.2 Å². The van der Waals surface area contributed by atoms with Gasteiger partial charge in [0, 0.05) is 12.1 Å². The van der Waals surface area contributed by atoms with E-state index in [0.29, 0.717) is 29.4 Å². The Hall–Kier alpha value is -3.29. The Kier molecular flexibility index (Phi) is 5.21. The van der Waals surface area contributed by atoms with E-state index in [1.807, 2.05) is 6.07 Å². The van der Waals surface area contributed by atoms with Gasteiger partial charge in [0.25, 0.3) is 5.91 Å². The monoisotopic (exact) mass is 358 g/mol. The minimum Gasteiger partial charge on any atom is -0.618 e. The molecule has 1 aliphatic heterocycles. The van der Waals surface area contributed by atoms with Crippen molar-refractivity contribution in [2.45, 2.75) is 13.0 Å². The molecule has 1 N–H and O–H groups in total. The van der Waals surface area contributed by atoms with E-state index < -0.39 is 18.5 Å². The molecule has 1 aromatic carbocycles. The topological polar surface area (TPSA) is 101 Å². The third kappa shape index (κ3) is 4.02. The molecule has 0 saturated carbocycles. The standard InChI is InChI=1S/C18H18N2O6/c1-12(13-5-6-15-16(10-13)25-9-8-24-15)19-17(21)11-26-18(22)14-4-2-3-7-20(14)23/h2-7,10,12H,8-9,11H2,1H3,(H,19,21)/t12-/m1/s1. The number of carbonyl (C=O) groups excluding carboxylic acids is 2. The zero-order valence-corrected chi connectivity index (χ0v) is 14.1. The minimum atomic E-state index is -0.859. The molecular formula is C18H18N2O6. The van der Waals surface area contributed by atoms with Gasteiger partial charge in [-0.05, 0) is 30.7 Å². The SMILES string of the molecule is C[C@@H](NC(=O)COC(=O)c1cccc[n+]1[O-])c1ccc2c(c1)OCCO2. The summed E-state index contributed by atoms with van der Waals surface area (Å²) in [5.41, 5.74) is 0.648. The zero-order valence-electron chi connectivity index (χ0n) is 14.1. The van der Waals surface area contributed by atoms with Crippen LogP contribution in [0.1, 0.15) is 29.0 Å². The number of amides is 1. The molecule has 0 aliphatic carbocycles. The van der Waals surface area contributed by atoms with Crippen LogP contribution in [0.2, 0.25) is 0 Å². The molecule has 2 aromatic rings. The van der Waals surface area contributed by atoms with Gasteiger partial charge in [-0.2, -0.15) is 4.73 Å². The number of carbonyl (C=O) groups is 2. The molecule has 0 unspecified atom stereocenters. The lowest BCUT2D eigenvalue weighted by molar-refractivity contribution is -0.608. The van der Waals surface area contributed by atoms with Crippen LogP contribution in [0.3, 0.4) is 0 Å². The molecule has 0 fully saturated rings. The first-order valence-electron chi connectivity index (χ1n) is 8.09. The van der Waals surface area contributed by atoms with Crippen molar-refractivity contribution in [1.29, 1.82) is 0 Å². The number of hydrogen-bond donors (Lipinski definition) is 1. The van der Waals surface area contributed by atoms with E-state index in [9.17, 15) is 14.8 Å². The number of fused-ring (bicyclic) bond motifs is 1. The van der Waals surface area contributed by atoms with Crippen LogP contribution in [-0.2, 0) is 9.53 Å². The fourth-order valence-electron chi connectivity index (χ4n) is 2.49. The maximum Gasteiger partial charge on any atom is 0.405 e. The number of rotatable bonds is 5. The van der Waals surface area contributed by atoms with Crippen LogP contribution in [0.5, 0.6) is 11.5 Å². The van der Waals surface area contributed by atoms with Crippen molar-refractivity contribution in [2.24, 2.45) is 0 Å². The normalized spacial score (nSPS) is 13.6. The van der Waals surface area contributed by atoms with Gasteiger partial charge in [0.2, 0.25) is 0 Å². The molecule has 26 heavy (non-hydrogen) atoms. The Bertz CT molecular complexity index is 823. The molecule has 8 heteroatoms. The number of esters is 1. The van der Waals surface area contributed by atoms with Gasteiger partial charge in [-0.15, -0.1) is 0 Å². The van der Waals surface area contributed by atoms with Gasteiger partial charge in [0.15, 0.2) is 24.3 Å². The molecule has 1 aromatic heterocycles. The second-order valence-electron chi connectivity index (χ2n) is 5.68. The van der Waals surface area contributed by atoms with Crippen LogP contribution in [0.15, 0.2) is 42.6 Å². The number of nitrogens with one attached hydrogen (secondary N) is 1. The average Bonchev–Trinajstić information content (AvgIpc) is 2.66. The highest BCUT2D eigenvalue weighted by Gasteiger charge is 2.20. The van der Waals surface area contributed by atoms with Crippen LogP contribution >= 0.6 is 0 Å². The summed E-state index contributed by atoms with van der Waals surface area (Å²) in [6, 6.07) is 9.45. The molecule has 3 rings (SSSR count). The van der Waals surface area contributed by atoms with Crippen LogP contribution in [0.4, 0.5) is 0 Å². The van der Waals surface area contributed by atoms with Crippen LogP contribution < -0.4 is 19.5 Å². The lowest BCUT2D eigenvalue weighted by atomic mass is 10.1. The van der Waals surface area contributed by atoms with Crippen LogP contribution in [0, 0.1) is 5.21 Å². The number of ether oxygens (including phenoxy) is 3. The lowest BCUT2D eigenvalue weighted by Crippen LogP contribution is -2.36. The number of aromatic nitrogens is 1. The first kappa shape index (κ1) is 17.5. The molecule has 1 atom stereocenters. The number of benzene rings is 1. The average molecular weight is 358 g/mol. The van der Waals surface area contributed by atoms with E-state index in [0.717, 1.165) is 5.56 Å². The maximum atomic E-state index is 12.0. The van der Waals surface area contributed by atoms with Crippen molar-refractivity contribution in [3.05, 3.63) is 59.1 Å². The van der Waals surface area contributed by atoms with Gasteiger partial charge < -0.3 is 24.7 Å². The van der Waals surface area contributed by atoms with E-state index in [4.69, 9.17) is 14.2 Å². The van der Waals surface area contributed by atoms with Crippen molar-refractivity contribution in [3.8, 4) is 11.5 Å². The van der Waals surface area contributed by atoms with Crippen LogP contribution in [0.25, 0.3) is 0 Å². The Balaban J connectivity index is 1.54. The molecule has 0 bridgehead atoms. The van der Waals surface area contributed by atoms with E-state index in [-0.39, 0.29) is 11.7 Å². The van der Waals surface area contributed by atoms with E-state index in [1.165, 1.54) is 24.4 Å². The number of nitrogens with zero attached hydrogens (tertiary/aromatic N) is 1. The number of pyridine rings is 1. The van der Waals surface area contributed by atoms with Crippen molar-refractivity contribution < 1.29 is 28.5 Å². The Morgan fingerprint density at radius 1 is 1.23 bits per heavy atom. The largest absolute Gasteiger partial charge is 0.618 e. The fraction of sp³-hybridized carbons (Fsp3) is 0.278. The summed E-state index contributed by atoms with van der Waals surface area (Å²) in [6.45, 7) is 2.30. The summed E-state index contributed by atoms with van der Waals surface area (Å²) in [4.78, 5) is 23.8. The molecule has 2 heterocycles. The molecule has 0 radical (unpaired) electrons. The summed E-state index contributed by atoms with van der Waals surface area (Å²) in [5, 5.41) is 14.2. The predicted molar refractivity (Wildman–Crippen MR) is 89.7 cm³/mol. The first-order valence-corrected chi connectivity index (χ1v) is 8.09. The molecule has 1 amide bonds. The molecule has 0 spiro atoms. The second kappa shape index (κ2) is 7.73. The Labute approximate surface area is 149 Å². The zero-order chi connectivity index (χ0) is 18.5. The minimum absolute atomic E-state index is 0.180. The summed E-state index contributed by atoms with van der Waals surface area (Å²) in [6.07, 6.45) is 1.18. The number of hydrogen-bond acceptors (Lipinski definition) is 6. The molecule has 136 valence electrons. The highest BCUT2D eigenvalue weighted by molar-refractivity contribution is 5.88. The summed E-state index contributed by atoms with van der Waals surface area (Å²) < 4.78 is 16.2. The van der Waals surface area contributed by atoms with Gasteiger partial charge in [-0.3, -0.25) is 4.79 Å². The van der Waals surface area contributed by atoms with Crippen molar-refractivity contribution in [3.63, 3.8) is 0 Å². The van der Waals surface area contributed by atoms with Crippen molar-refractivity contribution in [2.75, 3.05) is 19.8 Å². The van der Waals surface area contributed by atoms with Gasteiger partial charge in [-0.25, -0.2) is 4.79 Å². The molecule has 8 nitrogen and oxygen atoms in total. The summed E-state index contributed by atoms with van der Waals surface area (Å²) in [7, 11) is 0. The van der Waals surface area contributed by atoms with Gasteiger partial charge >= 0.3 is 11.7 Å². The summed E-state index contributed by atoms with van der Waals surface area (Å²) >= 11 is 0. The Morgan fingerprint density at radius 3 is 2.77 bits per heavy atom. The molecule has 1 aliphatic rings. The smallest absolute Gasteiger partial charge is 0.405 e. The quantitative estimate of drug-likeness (QED) is 0.488. The second-order valence-corrected chi connectivity index (χ2v) is 5.68.